The lowest BCUT2D eigenvalue weighted by atomic mass is 10.1. The van der Waals surface area contributed by atoms with Gasteiger partial charge in [0.05, 0.1) is 11.0 Å². The van der Waals surface area contributed by atoms with Crippen LogP contribution >= 0.6 is 0 Å². The summed E-state index contributed by atoms with van der Waals surface area (Å²) in [5.74, 6) is 0.861. The number of nitrogens with zero attached hydrogens (tertiary/aromatic N) is 1. The predicted octanol–water partition coefficient (Wildman–Crippen LogP) is 5.90. The Labute approximate surface area is 147 Å². The third-order valence-corrected chi connectivity index (χ3v) is 4.05. The average Bonchev–Trinajstić information content (AvgIpc) is 3.10. The minimum absolute atomic E-state index is 0.861. The Kier molecular flexibility index (Phi) is 4.25. The summed E-state index contributed by atoms with van der Waals surface area (Å²) in [4.78, 5) is 8.12. The number of aromatic amines is 1. The largest absolute Gasteiger partial charge is 0.338 e. The molecule has 25 heavy (non-hydrogen) atoms. The molecule has 2 nitrogen and oxygen atoms in total. The Morgan fingerprint density at radius 2 is 1.24 bits per heavy atom. The molecule has 0 saturated heterocycles. The van der Waals surface area contributed by atoms with Crippen LogP contribution in [0.3, 0.4) is 0 Å². The number of aromatic nitrogens is 2. The lowest BCUT2D eigenvalue weighted by Crippen LogP contribution is -1.77. The van der Waals surface area contributed by atoms with Crippen LogP contribution in [0.1, 0.15) is 22.5 Å². The van der Waals surface area contributed by atoms with Crippen LogP contribution in [0.4, 0.5) is 0 Å². The van der Waals surface area contributed by atoms with Crippen molar-refractivity contribution in [3.63, 3.8) is 0 Å². The number of benzene rings is 3. The molecule has 1 N–H and O–H groups in total. The summed E-state index contributed by atoms with van der Waals surface area (Å²) in [5.41, 5.74) is 5.48. The minimum Gasteiger partial charge on any atom is -0.338 e. The van der Waals surface area contributed by atoms with E-state index in [0.29, 0.717) is 0 Å². The van der Waals surface area contributed by atoms with Crippen LogP contribution in [-0.2, 0) is 0 Å². The van der Waals surface area contributed by atoms with Crippen molar-refractivity contribution in [1.29, 1.82) is 0 Å². The van der Waals surface area contributed by atoms with Crippen molar-refractivity contribution in [3.8, 4) is 0 Å². The van der Waals surface area contributed by atoms with Gasteiger partial charge in [-0.1, -0.05) is 91.0 Å². The van der Waals surface area contributed by atoms with Crippen LogP contribution in [0.25, 0.3) is 35.3 Å². The van der Waals surface area contributed by atoms with Crippen molar-refractivity contribution < 1.29 is 0 Å². The number of rotatable bonds is 4. The highest BCUT2D eigenvalue weighted by Crippen LogP contribution is 2.20. The van der Waals surface area contributed by atoms with Crippen LogP contribution < -0.4 is 0 Å². The molecule has 0 atom stereocenters. The molecule has 4 rings (SSSR count). The number of imidazole rings is 1. The molecule has 0 amide bonds. The molecule has 2 heteroatoms. The van der Waals surface area contributed by atoms with Crippen LogP contribution in [0.2, 0.25) is 0 Å². The van der Waals surface area contributed by atoms with Gasteiger partial charge in [-0.2, -0.15) is 0 Å². The van der Waals surface area contributed by atoms with Crippen LogP contribution in [0.15, 0.2) is 78.9 Å². The van der Waals surface area contributed by atoms with E-state index in [1.807, 2.05) is 42.5 Å². The van der Waals surface area contributed by atoms with Crippen LogP contribution in [-0.4, -0.2) is 9.97 Å². The Bertz CT molecular complexity index is 1030. The third-order valence-electron chi connectivity index (χ3n) is 4.05. The Morgan fingerprint density at radius 1 is 0.600 bits per heavy atom. The number of fused-ring (bicyclic) bond motifs is 1. The van der Waals surface area contributed by atoms with Gasteiger partial charge in [-0.25, -0.2) is 4.98 Å². The van der Waals surface area contributed by atoms with Gasteiger partial charge >= 0.3 is 0 Å². The van der Waals surface area contributed by atoms with Crippen molar-refractivity contribution in [2.24, 2.45) is 0 Å². The first kappa shape index (κ1) is 15.2. The zero-order valence-electron chi connectivity index (χ0n) is 13.8. The molecule has 0 saturated carbocycles. The van der Waals surface area contributed by atoms with E-state index in [1.165, 1.54) is 5.56 Å². The molecule has 1 heterocycles. The Balaban J connectivity index is 1.65. The summed E-state index contributed by atoms with van der Waals surface area (Å²) in [6.07, 6.45) is 8.31. The molecular formula is C23H18N2. The lowest BCUT2D eigenvalue weighted by molar-refractivity contribution is 1.29. The first-order valence-electron chi connectivity index (χ1n) is 8.33. The van der Waals surface area contributed by atoms with Crippen LogP contribution in [0, 0.1) is 0 Å². The molecule has 120 valence electrons. The molecule has 3 aromatic carbocycles. The van der Waals surface area contributed by atoms with E-state index in [-0.39, 0.29) is 0 Å². The van der Waals surface area contributed by atoms with Gasteiger partial charge in [0.25, 0.3) is 0 Å². The lowest BCUT2D eigenvalue weighted by Gasteiger charge is -1.95. The van der Waals surface area contributed by atoms with E-state index in [2.05, 4.69) is 65.7 Å². The summed E-state index contributed by atoms with van der Waals surface area (Å²) in [6, 6.07) is 26.7. The molecule has 1 aromatic heterocycles. The third kappa shape index (κ3) is 3.59. The Hall–Kier alpha value is -3.39. The highest BCUT2D eigenvalue weighted by Gasteiger charge is 2.03. The molecule has 0 bridgehead atoms. The molecule has 0 spiro atoms. The van der Waals surface area contributed by atoms with Gasteiger partial charge in [0.15, 0.2) is 0 Å². The highest BCUT2D eigenvalue weighted by atomic mass is 14.9. The molecule has 0 fully saturated rings. The second-order valence-electron chi connectivity index (χ2n) is 5.85. The number of hydrogen-bond donors (Lipinski definition) is 1. The van der Waals surface area contributed by atoms with Gasteiger partial charge < -0.3 is 4.98 Å². The van der Waals surface area contributed by atoms with E-state index in [1.54, 1.807) is 0 Å². The van der Waals surface area contributed by atoms with Crippen molar-refractivity contribution in [3.05, 3.63) is 101 Å². The van der Waals surface area contributed by atoms with E-state index in [0.717, 1.165) is 28.0 Å². The van der Waals surface area contributed by atoms with Gasteiger partial charge in [-0.05, 0) is 23.3 Å². The van der Waals surface area contributed by atoms with Gasteiger partial charge in [-0.3, -0.25) is 0 Å². The maximum Gasteiger partial charge on any atom is 0.131 e. The predicted molar refractivity (Wildman–Crippen MR) is 107 cm³/mol. The van der Waals surface area contributed by atoms with Crippen molar-refractivity contribution in [2.45, 2.75) is 0 Å². The summed E-state index contributed by atoms with van der Waals surface area (Å²) >= 11 is 0. The van der Waals surface area contributed by atoms with Crippen LogP contribution in [0.5, 0.6) is 0 Å². The summed E-state index contributed by atoms with van der Waals surface area (Å²) in [7, 11) is 0. The maximum atomic E-state index is 4.75. The molecule has 0 unspecified atom stereocenters. The normalized spacial score (nSPS) is 11.7. The SMILES string of the molecule is C(=Cc1nc2c(C=Cc3ccccc3)cccc2[nH]1)c1ccccc1. The molecular weight excluding hydrogens is 304 g/mol. The molecule has 0 aliphatic rings. The average molecular weight is 322 g/mol. The first-order chi connectivity index (χ1) is 12.4. The van der Waals surface area contributed by atoms with Crippen molar-refractivity contribution >= 4 is 35.3 Å². The van der Waals surface area contributed by atoms with Crippen molar-refractivity contribution in [2.75, 3.05) is 0 Å². The fourth-order valence-electron chi connectivity index (χ4n) is 2.78. The fraction of sp³-hybridized carbons (Fsp3) is 0. The summed E-state index contributed by atoms with van der Waals surface area (Å²) in [6.45, 7) is 0. The molecule has 0 aliphatic carbocycles. The number of para-hydroxylation sites is 1. The summed E-state index contributed by atoms with van der Waals surface area (Å²) in [5, 5.41) is 0. The van der Waals surface area contributed by atoms with E-state index < -0.39 is 0 Å². The Morgan fingerprint density at radius 3 is 1.92 bits per heavy atom. The fourth-order valence-corrected chi connectivity index (χ4v) is 2.78. The summed E-state index contributed by atoms with van der Waals surface area (Å²) < 4.78 is 0. The van der Waals surface area contributed by atoms with E-state index in [9.17, 15) is 0 Å². The second-order valence-corrected chi connectivity index (χ2v) is 5.85. The monoisotopic (exact) mass is 322 g/mol. The zero-order valence-corrected chi connectivity index (χ0v) is 13.8. The van der Waals surface area contributed by atoms with Gasteiger partial charge in [0, 0.05) is 5.56 Å². The first-order valence-corrected chi connectivity index (χ1v) is 8.33. The number of H-pyrrole nitrogens is 1. The quantitative estimate of drug-likeness (QED) is 0.465. The van der Waals surface area contributed by atoms with Crippen molar-refractivity contribution in [1.82, 2.24) is 9.97 Å². The molecule has 4 aromatic rings. The van der Waals surface area contributed by atoms with Gasteiger partial charge in [0.1, 0.15) is 5.82 Å². The maximum absolute atomic E-state index is 4.75. The van der Waals surface area contributed by atoms with Gasteiger partial charge in [-0.15, -0.1) is 0 Å². The molecule has 0 radical (unpaired) electrons. The molecule has 0 aliphatic heterocycles. The minimum atomic E-state index is 0.861. The smallest absolute Gasteiger partial charge is 0.131 e. The zero-order chi connectivity index (χ0) is 16.9. The van der Waals surface area contributed by atoms with Gasteiger partial charge in [0.2, 0.25) is 0 Å². The number of hydrogen-bond acceptors (Lipinski definition) is 1. The standard InChI is InChI=1S/C23H18N2/c1-3-8-18(9-4-1)14-16-20-12-7-13-21-23(20)25-22(24-21)17-15-19-10-5-2-6-11-19/h1-17H,(H,24,25). The second kappa shape index (κ2) is 7.02. The topological polar surface area (TPSA) is 28.7 Å². The van der Waals surface area contributed by atoms with E-state index in [4.69, 9.17) is 4.98 Å². The number of nitrogens with one attached hydrogen (secondary N) is 1. The highest BCUT2D eigenvalue weighted by molar-refractivity contribution is 5.89. The van der Waals surface area contributed by atoms with E-state index >= 15 is 0 Å².